The van der Waals surface area contributed by atoms with Crippen LogP contribution in [0.25, 0.3) is 0 Å². The summed E-state index contributed by atoms with van der Waals surface area (Å²) in [5.74, 6) is -0.849. The molecule has 0 atom stereocenters. The summed E-state index contributed by atoms with van der Waals surface area (Å²) in [5.41, 5.74) is 1.41. The van der Waals surface area contributed by atoms with E-state index in [1.807, 2.05) is 6.92 Å². The fraction of sp³-hybridized carbons (Fsp3) is 0.250. The van der Waals surface area contributed by atoms with Crippen molar-refractivity contribution in [1.29, 1.82) is 0 Å². The summed E-state index contributed by atoms with van der Waals surface area (Å²) in [6.45, 7) is 2.26. The number of hydrogen-bond acceptors (Lipinski definition) is 3. The van der Waals surface area contributed by atoms with E-state index in [4.69, 9.17) is 5.11 Å². The van der Waals surface area contributed by atoms with Crippen LogP contribution in [0, 0.1) is 5.82 Å². The average molecular weight is 288 g/mol. The smallest absolute Gasteiger partial charge is 0.335 e. The molecule has 1 aromatic carbocycles. The maximum atomic E-state index is 13.5. The highest BCUT2D eigenvalue weighted by molar-refractivity contribution is 5.88. The summed E-state index contributed by atoms with van der Waals surface area (Å²) in [5, 5.41) is 12.1. The van der Waals surface area contributed by atoms with Gasteiger partial charge in [0.1, 0.15) is 11.6 Å². The summed E-state index contributed by atoms with van der Waals surface area (Å²) in [6, 6.07) is 9.48. The number of carboxylic acids is 1. The molecule has 21 heavy (non-hydrogen) atoms. The molecule has 2 aromatic rings. The van der Waals surface area contributed by atoms with Crippen LogP contribution < -0.4 is 5.32 Å². The van der Waals surface area contributed by atoms with Crippen molar-refractivity contribution >= 4 is 11.8 Å². The predicted molar refractivity (Wildman–Crippen MR) is 78.9 cm³/mol. The standard InChI is InChI=1S/C16H17FN2O2/c1-2-5-13-8-12(16(20)21)9-15(19-13)18-10-11-6-3-4-7-14(11)17/h3-4,6-9H,2,5,10H2,1H3,(H,18,19)(H,20,21). The SMILES string of the molecule is CCCc1cc(C(=O)O)cc(NCc2ccccc2F)n1. The number of hydrogen-bond donors (Lipinski definition) is 2. The van der Waals surface area contributed by atoms with Gasteiger partial charge in [-0.25, -0.2) is 14.2 Å². The minimum Gasteiger partial charge on any atom is -0.478 e. The molecule has 0 unspecified atom stereocenters. The van der Waals surface area contributed by atoms with Gasteiger partial charge in [0.15, 0.2) is 0 Å². The molecule has 2 N–H and O–H groups in total. The largest absolute Gasteiger partial charge is 0.478 e. The normalized spacial score (nSPS) is 10.4. The Balaban J connectivity index is 2.19. The molecule has 0 bridgehead atoms. The van der Waals surface area contributed by atoms with E-state index in [9.17, 15) is 9.18 Å². The number of aromatic nitrogens is 1. The van der Waals surface area contributed by atoms with Gasteiger partial charge in [-0.3, -0.25) is 0 Å². The molecule has 5 heteroatoms. The third-order valence-corrected chi connectivity index (χ3v) is 3.05. The van der Waals surface area contributed by atoms with E-state index in [0.717, 1.165) is 6.42 Å². The molecule has 2 rings (SSSR count). The number of aromatic carboxylic acids is 1. The molecule has 0 aliphatic rings. The first-order valence-electron chi connectivity index (χ1n) is 6.81. The predicted octanol–water partition coefficient (Wildman–Crippen LogP) is 3.48. The van der Waals surface area contributed by atoms with Crippen molar-refractivity contribution in [3.63, 3.8) is 0 Å². The van der Waals surface area contributed by atoms with E-state index in [1.165, 1.54) is 12.1 Å². The molecule has 0 aliphatic heterocycles. The number of benzene rings is 1. The lowest BCUT2D eigenvalue weighted by molar-refractivity contribution is 0.0696. The molecule has 0 spiro atoms. The Hall–Kier alpha value is -2.43. The third-order valence-electron chi connectivity index (χ3n) is 3.05. The van der Waals surface area contributed by atoms with Crippen molar-refractivity contribution in [3.8, 4) is 0 Å². The molecule has 0 aliphatic carbocycles. The Morgan fingerprint density at radius 3 is 2.76 bits per heavy atom. The summed E-state index contributed by atoms with van der Waals surface area (Å²) >= 11 is 0. The van der Waals surface area contributed by atoms with Gasteiger partial charge in [-0.2, -0.15) is 0 Å². The molecule has 0 radical (unpaired) electrons. The van der Waals surface area contributed by atoms with Crippen LogP contribution in [0.1, 0.15) is 35.0 Å². The maximum absolute atomic E-state index is 13.5. The van der Waals surface area contributed by atoms with Crippen LogP contribution in [0.2, 0.25) is 0 Å². The Kier molecular flexibility index (Phi) is 4.87. The third kappa shape index (κ3) is 4.02. The van der Waals surface area contributed by atoms with E-state index < -0.39 is 5.97 Å². The number of anilines is 1. The molecule has 0 saturated carbocycles. The second-order valence-electron chi connectivity index (χ2n) is 4.73. The summed E-state index contributed by atoms with van der Waals surface area (Å²) in [4.78, 5) is 15.5. The zero-order valence-electron chi connectivity index (χ0n) is 11.8. The van der Waals surface area contributed by atoms with E-state index in [1.54, 1.807) is 24.3 Å². The number of rotatable bonds is 6. The number of nitrogens with one attached hydrogen (secondary N) is 1. The lowest BCUT2D eigenvalue weighted by atomic mass is 10.1. The summed E-state index contributed by atoms with van der Waals surface area (Å²) in [7, 11) is 0. The van der Waals surface area contributed by atoms with E-state index in [-0.39, 0.29) is 17.9 Å². The van der Waals surface area contributed by atoms with Crippen LogP contribution in [-0.4, -0.2) is 16.1 Å². The number of nitrogens with zero attached hydrogens (tertiary/aromatic N) is 1. The zero-order chi connectivity index (χ0) is 15.2. The Labute approximate surface area is 122 Å². The van der Waals surface area contributed by atoms with E-state index in [2.05, 4.69) is 10.3 Å². The van der Waals surface area contributed by atoms with Crippen molar-refractivity contribution in [2.75, 3.05) is 5.32 Å². The minimum atomic E-state index is -0.997. The van der Waals surface area contributed by atoms with Crippen molar-refractivity contribution in [2.24, 2.45) is 0 Å². The lowest BCUT2D eigenvalue weighted by Crippen LogP contribution is -2.07. The molecule has 1 aromatic heterocycles. The van der Waals surface area contributed by atoms with E-state index >= 15 is 0 Å². The van der Waals surface area contributed by atoms with Crippen LogP contribution in [0.4, 0.5) is 10.2 Å². The molecule has 0 fully saturated rings. The molecule has 0 amide bonds. The van der Waals surface area contributed by atoms with Crippen LogP contribution in [0.5, 0.6) is 0 Å². The summed E-state index contributed by atoms with van der Waals surface area (Å²) < 4.78 is 13.5. The van der Waals surface area contributed by atoms with Gasteiger partial charge in [0.2, 0.25) is 0 Å². The second-order valence-corrected chi connectivity index (χ2v) is 4.73. The van der Waals surface area contributed by atoms with Gasteiger partial charge in [-0.05, 0) is 24.6 Å². The number of aryl methyl sites for hydroxylation is 1. The van der Waals surface area contributed by atoms with Gasteiger partial charge in [0, 0.05) is 17.8 Å². The zero-order valence-corrected chi connectivity index (χ0v) is 11.8. The van der Waals surface area contributed by atoms with Gasteiger partial charge < -0.3 is 10.4 Å². The van der Waals surface area contributed by atoms with Crippen LogP contribution in [0.15, 0.2) is 36.4 Å². The Morgan fingerprint density at radius 1 is 1.33 bits per heavy atom. The fourth-order valence-electron chi connectivity index (χ4n) is 2.01. The van der Waals surface area contributed by atoms with Gasteiger partial charge in [-0.1, -0.05) is 31.5 Å². The Bertz CT molecular complexity index is 644. The number of pyridine rings is 1. The highest BCUT2D eigenvalue weighted by Gasteiger charge is 2.09. The molecular weight excluding hydrogens is 271 g/mol. The van der Waals surface area contributed by atoms with Gasteiger partial charge in [0.05, 0.1) is 5.56 Å². The lowest BCUT2D eigenvalue weighted by Gasteiger charge is -2.09. The van der Waals surface area contributed by atoms with Crippen molar-refractivity contribution in [3.05, 3.63) is 59.0 Å². The van der Waals surface area contributed by atoms with Crippen molar-refractivity contribution in [1.82, 2.24) is 4.98 Å². The van der Waals surface area contributed by atoms with E-state index in [0.29, 0.717) is 23.5 Å². The van der Waals surface area contributed by atoms with Gasteiger partial charge >= 0.3 is 5.97 Å². The fourth-order valence-corrected chi connectivity index (χ4v) is 2.01. The summed E-state index contributed by atoms with van der Waals surface area (Å²) in [6.07, 6.45) is 1.58. The molecule has 110 valence electrons. The first-order chi connectivity index (χ1) is 10.1. The second kappa shape index (κ2) is 6.83. The quantitative estimate of drug-likeness (QED) is 0.854. The molecule has 1 heterocycles. The number of carboxylic acid groups (broad SMARTS) is 1. The number of halogens is 1. The van der Waals surface area contributed by atoms with Crippen molar-refractivity contribution < 1.29 is 14.3 Å². The number of carbonyl (C=O) groups is 1. The van der Waals surface area contributed by atoms with Gasteiger partial charge in [0.25, 0.3) is 0 Å². The Morgan fingerprint density at radius 2 is 2.10 bits per heavy atom. The average Bonchev–Trinajstić information content (AvgIpc) is 2.46. The van der Waals surface area contributed by atoms with Crippen LogP contribution in [0.3, 0.4) is 0 Å². The van der Waals surface area contributed by atoms with Crippen LogP contribution in [-0.2, 0) is 13.0 Å². The minimum absolute atomic E-state index is 0.185. The molecular formula is C16H17FN2O2. The van der Waals surface area contributed by atoms with Gasteiger partial charge in [-0.15, -0.1) is 0 Å². The molecule has 0 saturated heterocycles. The van der Waals surface area contributed by atoms with Crippen molar-refractivity contribution in [2.45, 2.75) is 26.3 Å². The maximum Gasteiger partial charge on any atom is 0.335 e. The first kappa shape index (κ1) is 15.0. The monoisotopic (exact) mass is 288 g/mol. The highest BCUT2D eigenvalue weighted by Crippen LogP contribution is 2.14. The molecule has 4 nitrogen and oxygen atoms in total. The first-order valence-corrected chi connectivity index (χ1v) is 6.81. The highest BCUT2D eigenvalue weighted by atomic mass is 19.1. The topological polar surface area (TPSA) is 62.2 Å². The van der Waals surface area contributed by atoms with Crippen LogP contribution >= 0.6 is 0 Å².